The number of nitrogens with two attached hydrogens (primary N) is 1. The predicted molar refractivity (Wildman–Crippen MR) is 60.5 cm³/mol. The molecule has 1 aromatic carbocycles. The summed E-state index contributed by atoms with van der Waals surface area (Å²) in [6, 6.07) is 1.58. The maximum atomic E-state index is 13.1. The van der Waals surface area contributed by atoms with E-state index in [-0.39, 0.29) is 6.04 Å². The third kappa shape index (κ3) is 3.71. The van der Waals surface area contributed by atoms with Crippen LogP contribution in [0, 0.1) is 23.4 Å². The first-order valence-electron chi connectivity index (χ1n) is 5.56. The van der Waals surface area contributed by atoms with E-state index in [0.29, 0.717) is 17.9 Å². The molecule has 0 aromatic heterocycles. The van der Waals surface area contributed by atoms with E-state index in [0.717, 1.165) is 18.6 Å². The highest BCUT2D eigenvalue weighted by Gasteiger charge is 2.16. The van der Waals surface area contributed by atoms with Crippen LogP contribution in [0.15, 0.2) is 12.1 Å². The summed E-state index contributed by atoms with van der Waals surface area (Å²) in [6.45, 7) is 4.08. The second-order valence-corrected chi connectivity index (χ2v) is 4.49. The van der Waals surface area contributed by atoms with Crippen LogP contribution in [0.2, 0.25) is 0 Å². The fraction of sp³-hybridized carbons (Fsp3) is 0.500. The van der Waals surface area contributed by atoms with E-state index in [2.05, 4.69) is 5.43 Å². The van der Waals surface area contributed by atoms with Crippen molar-refractivity contribution >= 4 is 0 Å². The van der Waals surface area contributed by atoms with E-state index < -0.39 is 17.5 Å². The highest BCUT2D eigenvalue weighted by atomic mass is 19.2. The molecule has 0 heterocycles. The number of halogens is 3. The topological polar surface area (TPSA) is 38.0 Å². The van der Waals surface area contributed by atoms with Crippen molar-refractivity contribution in [2.45, 2.75) is 32.7 Å². The van der Waals surface area contributed by atoms with Crippen LogP contribution in [0.5, 0.6) is 0 Å². The molecule has 0 fully saturated rings. The highest BCUT2D eigenvalue weighted by molar-refractivity contribution is 5.22. The van der Waals surface area contributed by atoms with E-state index >= 15 is 0 Å². The molecule has 0 aliphatic heterocycles. The summed E-state index contributed by atoms with van der Waals surface area (Å²) in [5.41, 5.74) is 2.82. The van der Waals surface area contributed by atoms with Gasteiger partial charge in [0.15, 0.2) is 17.5 Å². The average molecular weight is 246 g/mol. The zero-order chi connectivity index (χ0) is 13.0. The van der Waals surface area contributed by atoms with Gasteiger partial charge in [0.25, 0.3) is 0 Å². The monoisotopic (exact) mass is 246 g/mol. The molecule has 17 heavy (non-hydrogen) atoms. The van der Waals surface area contributed by atoms with E-state index in [1.165, 1.54) is 0 Å². The molecule has 3 N–H and O–H groups in total. The third-order valence-electron chi connectivity index (χ3n) is 2.64. The maximum Gasteiger partial charge on any atom is 0.194 e. The molecule has 0 amide bonds. The Labute approximate surface area is 99.0 Å². The van der Waals surface area contributed by atoms with Crippen LogP contribution >= 0.6 is 0 Å². The lowest BCUT2D eigenvalue weighted by Crippen LogP contribution is -2.28. The maximum absolute atomic E-state index is 13.1. The van der Waals surface area contributed by atoms with E-state index in [4.69, 9.17) is 5.84 Å². The van der Waals surface area contributed by atoms with Gasteiger partial charge < -0.3 is 0 Å². The average Bonchev–Trinajstić information content (AvgIpc) is 2.26. The van der Waals surface area contributed by atoms with Gasteiger partial charge in [0.2, 0.25) is 0 Å². The normalized spacial score (nSPS) is 13.1. The molecule has 2 nitrogen and oxygen atoms in total. The Hall–Kier alpha value is -1.07. The number of hydrazine groups is 1. The fourth-order valence-electron chi connectivity index (χ4n) is 1.62. The Bertz CT molecular complexity index is 357. The highest BCUT2D eigenvalue weighted by Crippen LogP contribution is 2.23. The van der Waals surface area contributed by atoms with E-state index in [1.54, 1.807) is 0 Å². The molecule has 0 spiro atoms. The summed E-state index contributed by atoms with van der Waals surface area (Å²) in [4.78, 5) is 0. The first-order chi connectivity index (χ1) is 7.95. The second kappa shape index (κ2) is 6.02. The van der Waals surface area contributed by atoms with Crippen LogP contribution in [-0.2, 0) is 0 Å². The lowest BCUT2D eigenvalue weighted by molar-refractivity contribution is 0.424. The van der Waals surface area contributed by atoms with Gasteiger partial charge in [0.1, 0.15) is 0 Å². The molecular weight excluding hydrogens is 229 g/mol. The minimum Gasteiger partial charge on any atom is -0.271 e. The lowest BCUT2D eigenvalue weighted by atomic mass is 9.98. The van der Waals surface area contributed by atoms with Gasteiger partial charge in [-0.2, -0.15) is 0 Å². The van der Waals surface area contributed by atoms with E-state index in [1.807, 2.05) is 13.8 Å². The van der Waals surface area contributed by atoms with Gasteiger partial charge in [-0.1, -0.05) is 13.8 Å². The van der Waals surface area contributed by atoms with Crippen LogP contribution in [-0.4, -0.2) is 0 Å². The minimum atomic E-state index is -1.45. The first-order valence-corrected chi connectivity index (χ1v) is 5.56. The molecule has 5 heteroatoms. The summed E-state index contributed by atoms with van der Waals surface area (Å²) in [5, 5.41) is 0. The number of nitrogens with one attached hydrogen (secondary N) is 1. The zero-order valence-corrected chi connectivity index (χ0v) is 9.93. The second-order valence-electron chi connectivity index (χ2n) is 4.49. The van der Waals surface area contributed by atoms with Crippen LogP contribution in [0.25, 0.3) is 0 Å². The molecule has 0 aliphatic rings. The summed E-state index contributed by atoms with van der Waals surface area (Å²) in [7, 11) is 0. The summed E-state index contributed by atoms with van der Waals surface area (Å²) in [5.74, 6) is 1.97. The Balaban J connectivity index is 2.88. The zero-order valence-electron chi connectivity index (χ0n) is 9.93. The van der Waals surface area contributed by atoms with Crippen molar-refractivity contribution in [1.29, 1.82) is 0 Å². The third-order valence-corrected chi connectivity index (χ3v) is 2.64. The Morgan fingerprint density at radius 3 is 2.06 bits per heavy atom. The van der Waals surface area contributed by atoms with Gasteiger partial charge in [-0.25, -0.2) is 13.2 Å². The Kier molecular flexibility index (Phi) is 4.96. The summed E-state index contributed by atoms with van der Waals surface area (Å²) in [6.07, 6.45) is 1.49. The molecular formula is C12H17F3N2. The van der Waals surface area contributed by atoms with Gasteiger partial charge in [0.05, 0.1) is 0 Å². The number of rotatable bonds is 5. The number of benzene rings is 1. The molecule has 1 rings (SSSR count). The number of hydrogen-bond donors (Lipinski definition) is 2. The standard InChI is InChI=1S/C12H17F3N2/c1-7(2)3-4-11(17-16)8-5-9(13)12(15)10(14)6-8/h5-7,11,17H,3-4,16H2,1-2H3. The summed E-state index contributed by atoms with van der Waals surface area (Å²) < 4.78 is 38.9. The Morgan fingerprint density at radius 2 is 1.65 bits per heavy atom. The van der Waals surface area contributed by atoms with Crippen molar-refractivity contribution in [2.75, 3.05) is 0 Å². The molecule has 0 aliphatic carbocycles. The van der Waals surface area contributed by atoms with Gasteiger partial charge in [0, 0.05) is 6.04 Å². The molecule has 1 aromatic rings. The first kappa shape index (κ1) is 14.0. The van der Waals surface area contributed by atoms with Gasteiger partial charge >= 0.3 is 0 Å². The van der Waals surface area contributed by atoms with Crippen LogP contribution in [0.4, 0.5) is 13.2 Å². The quantitative estimate of drug-likeness (QED) is 0.476. The molecule has 96 valence electrons. The fourth-order valence-corrected chi connectivity index (χ4v) is 1.62. The predicted octanol–water partition coefficient (Wildman–Crippen LogP) is 3.04. The van der Waals surface area contributed by atoms with Crippen molar-refractivity contribution in [2.24, 2.45) is 11.8 Å². The summed E-state index contributed by atoms with van der Waals surface area (Å²) >= 11 is 0. The van der Waals surface area contributed by atoms with Gasteiger partial charge in [-0.05, 0) is 36.5 Å². The van der Waals surface area contributed by atoms with Crippen molar-refractivity contribution in [1.82, 2.24) is 5.43 Å². The molecule has 0 bridgehead atoms. The van der Waals surface area contributed by atoms with Crippen molar-refractivity contribution in [3.63, 3.8) is 0 Å². The van der Waals surface area contributed by atoms with E-state index in [9.17, 15) is 13.2 Å². The van der Waals surface area contributed by atoms with Gasteiger partial charge in [-0.15, -0.1) is 0 Å². The van der Waals surface area contributed by atoms with Gasteiger partial charge in [-0.3, -0.25) is 11.3 Å². The SMILES string of the molecule is CC(C)CCC(NN)c1cc(F)c(F)c(F)c1. The molecule has 1 atom stereocenters. The number of hydrogen-bond acceptors (Lipinski definition) is 2. The van der Waals surface area contributed by atoms with Crippen LogP contribution < -0.4 is 11.3 Å². The smallest absolute Gasteiger partial charge is 0.194 e. The molecule has 0 radical (unpaired) electrons. The minimum absolute atomic E-state index is 0.324. The Morgan fingerprint density at radius 1 is 1.12 bits per heavy atom. The lowest BCUT2D eigenvalue weighted by Gasteiger charge is -2.17. The molecule has 0 saturated heterocycles. The molecule has 1 unspecified atom stereocenters. The van der Waals surface area contributed by atoms with Crippen LogP contribution in [0.1, 0.15) is 38.3 Å². The molecule has 0 saturated carbocycles. The van der Waals surface area contributed by atoms with Crippen molar-refractivity contribution in [3.05, 3.63) is 35.1 Å². The largest absolute Gasteiger partial charge is 0.271 e. The van der Waals surface area contributed by atoms with Crippen molar-refractivity contribution < 1.29 is 13.2 Å². The van der Waals surface area contributed by atoms with Crippen LogP contribution in [0.3, 0.4) is 0 Å². The van der Waals surface area contributed by atoms with Crippen molar-refractivity contribution in [3.8, 4) is 0 Å².